The van der Waals surface area contributed by atoms with Gasteiger partial charge in [-0.3, -0.25) is 0 Å². The smallest absolute Gasteiger partial charge is 0.416 e. The highest BCUT2D eigenvalue weighted by Gasteiger charge is 2.31. The predicted molar refractivity (Wildman–Crippen MR) is 60.1 cm³/mol. The van der Waals surface area contributed by atoms with Crippen LogP contribution in [0.1, 0.15) is 28.9 Å². The monoisotopic (exact) mass is 272 g/mol. The maximum absolute atomic E-state index is 12.5. The number of hydrogen-bond acceptors (Lipinski definition) is 3. The molecular weight excluding hydrogens is 261 g/mol. The molecule has 1 aromatic carbocycles. The molecule has 0 amide bonds. The predicted octanol–water partition coefficient (Wildman–Crippen LogP) is 3.07. The zero-order valence-corrected chi connectivity index (χ0v) is 9.63. The molecule has 102 valence electrons. The Morgan fingerprint density at radius 1 is 1.00 bits per heavy atom. The van der Waals surface area contributed by atoms with Gasteiger partial charge in [-0.2, -0.15) is 13.2 Å². The first-order valence-corrected chi connectivity index (χ1v) is 5.45. The topological polar surface area (TPSA) is 53.6 Å². The molecule has 2 rings (SSSR count). The summed E-state index contributed by atoms with van der Waals surface area (Å²) < 4.78 is 42.4. The fourth-order valence-corrected chi connectivity index (χ4v) is 1.71. The van der Waals surface area contributed by atoms with Gasteiger partial charge < -0.3 is 14.6 Å². The standard InChI is InChI=1S/C13H11F3O3/c14-13(15,16)10-3-1-2-8(6-10)11(17)12(18)9-4-5-19-7-9/h1-7,11-12,17-18H/t11-,12-/m1/s1. The first-order chi connectivity index (χ1) is 8.89. The summed E-state index contributed by atoms with van der Waals surface area (Å²) in [6, 6.07) is 5.66. The molecule has 2 aromatic rings. The number of halogens is 3. The van der Waals surface area contributed by atoms with Gasteiger partial charge >= 0.3 is 6.18 Å². The number of benzene rings is 1. The second-order valence-electron chi connectivity index (χ2n) is 4.07. The van der Waals surface area contributed by atoms with Crippen LogP contribution in [0.4, 0.5) is 13.2 Å². The maximum Gasteiger partial charge on any atom is 0.416 e. The van der Waals surface area contributed by atoms with Gasteiger partial charge in [-0.1, -0.05) is 12.1 Å². The molecule has 0 unspecified atom stereocenters. The zero-order chi connectivity index (χ0) is 14.0. The average Bonchev–Trinajstić information content (AvgIpc) is 2.90. The molecule has 1 aromatic heterocycles. The highest BCUT2D eigenvalue weighted by molar-refractivity contribution is 5.29. The van der Waals surface area contributed by atoms with Gasteiger partial charge in [-0.05, 0) is 23.8 Å². The Bertz CT molecular complexity index is 534. The fraction of sp³-hybridized carbons (Fsp3) is 0.231. The summed E-state index contributed by atoms with van der Waals surface area (Å²) >= 11 is 0. The molecule has 1 heterocycles. The lowest BCUT2D eigenvalue weighted by Crippen LogP contribution is -2.12. The van der Waals surface area contributed by atoms with Crippen LogP contribution < -0.4 is 0 Å². The van der Waals surface area contributed by atoms with E-state index in [2.05, 4.69) is 0 Å². The fourth-order valence-electron chi connectivity index (χ4n) is 1.71. The first-order valence-electron chi connectivity index (χ1n) is 5.45. The van der Waals surface area contributed by atoms with Gasteiger partial charge in [0.1, 0.15) is 12.2 Å². The molecule has 0 bridgehead atoms. The van der Waals surface area contributed by atoms with E-state index in [1.54, 1.807) is 0 Å². The largest absolute Gasteiger partial charge is 0.472 e. The van der Waals surface area contributed by atoms with E-state index in [0.717, 1.165) is 12.1 Å². The highest BCUT2D eigenvalue weighted by Crippen LogP contribution is 2.34. The van der Waals surface area contributed by atoms with Crippen molar-refractivity contribution in [3.63, 3.8) is 0 Å². The van der Waals surface area contributed by atoms with Crippen molar-refractivity contribution in [2.75, 3.05) is 0 Å². The Hall–Kier alpha value is -1.79. The van der Waals surface area contributed by atoms with Crippen LogP contribution >= 0.6 is 0 Å². The number of aliphatic hydroxyl groups excluding tert-OH is 2. The second kappa shape index (κ2) is 5.07. The summed E-state index contributed by atoms with van der Waals surface area (Å²) in [5.41, 5.74) is -0.586. The molecular formula is C13H11F3O3. The van der Waals surface area contributed by atoms with Crippen molar-refractivity contribution in [2.45, 2.75) is 18.4 Å². The van der Waals surface area contributed by atoms with E-state index in [1.165, 1.54) is 30.7 Å². The summed E-state index contributed by atoms with van der Waals surface area (Å²) in [4.78, 5) is 0. The van der Waals surface area contributed by atoms with Gasteiger partial charge in [-0.15, -0.1) is 0 Å². The molecule has 2 atom stereocenters. The summed E-state index contributed by atoms with van der Waals surface area (Å²) in [5.74, 6) is 0. The average molecular weight is 272 g/mol. The summed E-state index contributed by atoms with van der Waals surface area (Å²) in [6.45, 7) is 0. The third-order valence-corrected chi connectivity index (χ3v) is 2.74. The lowest BCUT2D eigenvalue weighted by molar-refractivity contribution is -0.137. The quantitative estimate of drug-likeness (QED) is 0.902. The van der Waals surface area contributed by atoms with E-state index in [0.29, 0.717) is 5.56 Å². The third-order valence-electron chi connectivity index (χ3n) is 2.74. The molecule has 0 aliphatic carbocycles. The molecule has 3 nitrogen and oxygen atoms in total. The van der Waals surface area contributed by atoms with Crippen molar-refractivity contribution in [3.8, 4) is 0 Å². The van der Waals surface area contributed by atoms with Crippen LogP contribution in [-0.2, 0) is 6.18 Å². The minimum Gasteiger partial charge on any atom is -0.472 e. The van der Waals surface area contributed by atoms with Crippen molar-refractivity contribution in [1.29, 1.82) is 0 Å². The Labute approximate surface area is 106 Å². The van der Waals surface area contributed by atoms with Crippen LogP contribution in [0.3, 0.4) is 0 Å². The molecule has 0 spiro atoms. The van der Waals surface area contributed by atoms with Crippen LogP contribution in [0.15, 0.2) is 47.3 Å². The Morgan fingerprint density at radius 2 is 1.68 bits per heavy atom. The molecule has 6 heteroatoms. The van der Waals surface area contributed by atoms with Gasteiger partial charge in [-0.25, -0.2) is 0 Å². The number of hydrogen-bond donors (Lipinski definition) is 2. The third kappa shape index (κ3) is 2.97. The Kier molecular flexibility index (Phi) is 3.64. The second-order valence-corrected chi connectivity index (χ2v) is 4.07. The van der Waals surface area contributed by atoms with Gasteiger partial charge in [0.2, 0.25) is 0 Å². The van der Waals surface area contributed by atoms with Gasteiger partial charge in [0.05, 0.1) is 18.1 Å². The van der Waals surface area contributed by atoms with Gasteiger partial charge in [0, 0.05) is 5.56 Å². The van der Waals surface area contributed by atoms with E-state index in [4.69, 9.17) is 4.42 Å². The molecule has 0 saturated carbocycles. The normalized spacial score (nSPS) is 15.2. The number of rotatable bonds is 3. The number of alkyl halides is 3. The van der Waals surface area contributed by atoms with Crippen LogP contribution in [0.5, 0.6) is 0 Å². The van der Waals surface area contributed by atoms with Crippen molar-refractivity contribution in [2.24, 2.45) is 0 Å². The molecule has 2 N–H and O–H groups in total. The molecule has 0 aliphatic heterocycles. The lowest BCUT2D eigenvalue weighted by Gasteiger charge is -2.18. The van der Waals surface area contributed by atoms with Gasteiger partial charge in [0.15, 0.2) is 0 Å². The number of aliphatic hydroxyl groups is 2. The molecule has 0 fully saturated rings. The Balaban J connectivity index is 2.27. The summed E-state index contributed by atoms with van der Waals surface area (Å²) in [5, 5.41) is 19.7. The van der Waals surface area contributed by atoms with E-state index in [1.807, 2.05) is 0 Å². The zero-order valence-electron chi connectivity index (χ0n) is 9.63. The van der Waals surface area contributed by atoms with Crippen LogP contribution in [-0.4, -0.2) is 10.2 Å². The first kappa shape index (κ1) is 13.6. The van der Waals surface area contributed by atoms with Crippen LogP contribution in [0, 0.1) is 0 Å². The molecule has 0 saturated heterocycles. The SMILES string of the molecule is O[C@H](c1ccoc1)[C@H](O)c1cccc(C(F)(F)F)c1. The summed E-state index contributed by atoms with van der Waals surface area (Å²) in [6.07, 6.45) is -4.77. The van der Waals surface area contributed by atoms with Crippen LogP contribution in [0.2, 0.25) is 0 Å². The van der Waals surface area contributed by atoms with E-state index in [-0.39, 0.29) is 5.56 Å². The number of furan rings is 1. The van der Waals surface area contributed by atoms with E-state index < -0.39 is 23.9 Å². The van der Waals surface area contributed by atoms with Crippen molar-refractivity contribution in [1.82, 2.24) is 0 Å². The minimum atomic E-state index is -4.49. The minimum absolute atomic E-state index is 0.0106. The van der Waals surface area contributed by atoms with E-state index >= 15 is 0 Å². The van der Waals surface area contributed by atoms with E-state index in [9.17, 15) is 23.4 Å². The van der Waals surface area contributed by atoms with Crippen molar-refractivity contribution >= 4 is 0 Å². The molecule has 0 radical (unpaired) electrons. The van der Waals surface area contributed by atoms with Gasteiger partial charge in [0.25, 0.3) is 0 Å². The lowest BCUT2D eigenvalue weighted by atomic mass is 9.98. The highest BCUT2D eigenvalue weighted by atomic mass is 19.4. The molecule has 19 heavy (non-hydrogen) atoms. The van der Waals surface area contributed by atoms with Crippen molar-refractivity contribution in [3.05, 3.63) is 59.5 Å². The maximum atomic E-state index is 12.5. The van der Waals surface area contributed by atoms with Crippen LogP contribution in [0.25, 0.3) is 0 Å². The summed E-state index contributed by atoms with van der Waals surface area (Å²) in [7, 11) is 0. The van der Waals surface area contributed by atoms with Crippen molar-refractivity contribution < 1.29 is 27.8 Å². The Morgan fingerprint density at radius 3 is 2.26 bits per heavy atom. The molecule has 0 aliphatic rings.